The number of benzene rings is 3. The second kappa shape index (κ2) is 19.5. The fourth-order valence-corrected chi connectivity index (χ4v) is 6.74. The molecular formula is C36H44Cl2N4O6S. The molecular weight excluding hydrogens is 687 g/mol. The Morgan fingerprint density at radius 1 is 0.959 bits per heavy atom. The molecule has 13 heteroatoms. The first-order valence-electron chi connectivity index (χ1n) is 16.5. The van der Waals surface area contributed by atoms with E-state index in [0.717, 1.165) is 41.1 Å². The highest BCUT2D eigenvalue weighted by atomic mass is 35.5. The molecule has 0 saturated heterocycles. The summed E-state index contributed by atoms with van der Waals surface area (Å²) in [4.78, 5) is 45.1. The molecule has 1 heterocycles. The number of aromatic hydroxyl groups is 1. The maximum atomic E-state index is 13.6. The number of halogens is 2. The Morgan fingerprint density at radius 2 is 1.73 bits per heavy atom. The Bertz CT molecular complexity index is 1710. The van der Waals surface area contributed by atoms with Crippen molar-refractivity contribution in [1.29, 1.82) is 0 Å². The number of alkyl carbamates (subject to hydrolysis) is 1. The molecule has 0 fully saturated rings. The smallest absolute Gasteiger partial charge is 0.407 e. The highest BCUT2D eigenvalue weighted by molar-refractivity contribution is 7.16. The van der Waals surface area contributed by atoms with E-state index in [-0.39, 0.29) is 42.1 Å². The summed E-state index contributed by atoms with van der Waals surface area (Å²) in [6, 6.07) is 18.3. The Balaban J connectivity index is 1.43. The third-order valence-electron chi connectivity index (χ3n) is 8.38. The summed E-state index contributed by atoms with van der Waals surface area (Å²) in [6.45, 7) is 8.58. The Morgan fingerprint density at radius 3 is 2.47 bits per heavy atom. The van der Waals surface area contributed by atoms with Crippen LogP contribution in [0.5, 0.6) is 5.75 Å². The number of fused-ring (bicyclic) bond motifs is 1. The van der Waals surface area contributed by atoms with E-state index in [9.17, 15) is 19.5 Å². The van der Waals surface area contributed by atoms with E-state index in [1.165, 1.54) is 6.07 Å². The van der Waals surface area contributed by atoms with Gasteiger partial charge in [-0.25, -0.2) is 4.79 Å². The fraction of sp³-hybridized carbons (Fsp3) is 0.417. The number of phenols is 1. The van der Waals surface area contributed by atoms with Crippen LogP contribution in [-0.4, -0.2) is 84.4 Å². The van der Waals surface area contributed by atoms with Crippen LogP contribution in [0.3, 0.4) is 0 Å². The first kappa shape index (κ1) is 38.2. The molecule has 3 N–H and O–H groups in total. The molecule has 0 radical (unpaired) electrons. The monoisotopic (exact) mass is 730 g/mol. The van der Waals surface area contributed by atoms with Crippen LogP contribution in [0.25, 0.3) is 10.2 Å². The normalized spacial score (nSPS) is 11.9. The second-order valence-corrected chi connectivity index (χ2v) is 13.4. The van der Waals surface area contributed by atoms with Crippen LogP contribution < -0.4 is 10.2 Å². The number of hydrogen-bond acceptors (Lipinski definition) is 8. The lowest BCUT2D eigenvalue weighted by atomic mass is 9.95. The maximum Gasteiger partial charge on any atom is 0.407 e. The van der Waals surface area contributed by atoms with E-state index < -0.39 is 6.09 Å². The second-order valence-electron chi connectivity index (χ2n) is 11.6. The van der Waals surface area contributed by atoms with E-state index in [1.54, 1.807) is 12.1 Å². The topological polar surface area (TPSA) is 124 Å². The number of aromatic nitrogens is 1. The average molecular weight is 732 g/mol. The SMILES string of the molecule is CCN(CC)CCN(CCC(COC(=O)NCc1ccccc1)c1ccc(O)c2[nH]c(=O)sc12)C(=O)CCOCCc1ccc(Cl)c(Cl)c1. The van der Waals surface area contributed by atoms with Gasteiger partial charge in [-0.3, -0.25) is 9.59 Å². The molecule has 1 aromatic heterocycles. The number of nitrogens with zero attached hydrogens (tertiary/aromatic N) is 2. The van der Waals surface area contributed by atoms with Crippen molar-refractivity contribution in [2.45, 2.75) is 45.6 Å². The number of H-pyrrole nitrogens is 1. The van der Waals surface area contributed by atoms with Crippen molar-refractivity contribution in [3.8, 4) is 5.75 Å². The lowest BCUT2D eigenvalue weighted by molar-refractivity contribution is -0.132. The highest BCUT2D eigenvalue weighted by Gasteiger charge is 2.23. The molecule has 264 valence electrons. The number of likely N-dealkylation sites (N-methyl/N-ethyl adjacent to an activating group) is 1. The van der Waals surface area contributed by atoms with Crippen LogP contribution >= 0.6 is 34.5 Å². The summed E-state index contributed by atoms with van der Waals surface area (Å²) in [5, 5.41) is 14.2. The number of carbonyl (C=O) groups is 2. The van der Waals surface area contributed by atoms with E-state index in [1.807, 2.05) is 47.4 Å². The molecule has 10 nitrogen and oxygen atoms in total. The number of amides is 2. The molecule has 3 aromatic carbocycles. The lowest BCUT2D eigenvalue weighted by Crippen LogP contribution is -2.40. The maximum absolute atomic E-state index is 13.6. The van der Waals surface area contributed by atoms with E-state index in [2.05, 4.69) is 29.0 Å². The molecule has 0 aliphatic carbocycles. The number of ether oxygens (including phenoxy) is 2. The van der Waals surface area contributed by atoms with Gasteiger partial charge in [0.15, 0.2) is 0 Å². The fourth-order valence-electron chi connectivity index (χ4n) is 5.47. The van der Waals surface area contributed by atoms with Gasteiger partial charge in [0.1, 0.15) is 17.9 Å². The number of thiazole rings is 1. The van der Waals surface area contributed by atoms with E-state index in [0.29, 0.717) is 65.9 Å². The molecule has 4 rings (SSSR count). The lowest BCUT2D eigenvalue weighted by Gasteiger charge is -2.28. The Kier molecular flexibility index (Phi) is 15.2. The van der Waals surface area contributed by atoms with Gasteiger partial charge < -0.3 is 34.7 Å². The zero-order chi connectivity index (χ0) is 35.2. The molecule has 0 aliphatic heterocycles. The van der Waals surface area contributed by atoms with Crippen molar-refractivity contribution in [3.05, 3.63) is 97.1 Å². The predicted molar refractivity (Wildman–Crippen MR) is 196 cm³/mol. The van der Waals surface area contributed by atoms with Crippen molar-refractivity contribution in [2.24, 2.45) is 0 Å². The molecule has 0 spiro atoms. The number of phenolic OH excluding ortho intramolecular Hbond substituents is 1. The zero-order valence-corrected chi connectivity index (χ0v) is 30.2. The Hall–Kier alpha value is -3.61. The molecule has 0 saturated carbocycles. The van der Waals surface area contributed by atoms with Gasteiger partial charge in [0.05, 0.1) is 34.4 Å². The van der Waals surface area contributed by atoms with Crippen LogP contribution in [0.1, 0.15) is 49.3 Å². The van der Waals surface area contributed by atoms with Crippen LogP contribution in [0.4, 0.5) is 4.79 Å². The highest BCUT2D eigenvalue weighted by Crippen LogP contribution is 2.34. The van der Waals surface area contributed by atoms with Gasteiger partial charge in [0.2, 0.25) is 5.91 Å². The average Bonchev–Trinajstić information content (AvgIpc) is 3.51. The van der Waals surface area contributed by atoms with Gasteiger partial charge in [-0.15, -0.1) is 0 Å². The van der Waals surface area contributed by atoms with Crippen molar-refractivity contribution >= 4 is 56.8 Å². The molecule has 0 aliphatic rings. The third-order valence-corrected chi connectivity index (χ3v) is 10.1. The van der Waals surface area contributed by atoms with Gasteiger partial charge in [-0.1, -0.05) is 90.9 Å². The molecule has 49 heavy (non-hydrogen) atoms. The van der Waals surface area contributed by atoms with Crippen molar-refractivity contribution in [3.63, 3.8) is 0 Å². The molecule has 0 bridgehead atoms. The standard InChI is InChI=1S/C36H44Cl2N4O6S/c1-3-41(4-2)18-19-42(32(44)16-21-47-20-15-25-10-12-29(37)30(38)22-25)17-14-27(24-48-35(45)39-23-26-8-6-5-7-9-26)28-11-13-31(43)33-34(28)49-36(46)40-33/h5-13,22,27,43H,3-4,14-21,23-24H2,1-2H3,(H,39,45)(H,40,46). The van der Waals surface area contributed by atoms with Crippen molar-refractivity contribution in [1.82, 2.24) is 20.1 Å². The van der Waals surface area contributed by atoms with Crippen LogP contribution in [-0.2, 0) is 27.2 Å². The van der Waals surface area contributed by atoms with Crippen molar-refractivity contribution < 1.29 is 24.2 Å². The zero-order valence-electron chi connectivity index (χ0n) is 27.9. The summed E-state index contributed by atoms with van der Waals surface area (Å²) >= 11 is 13.1. The largest absolute Gasteiger partial charge is 0.506 e. The number of aromatic amines is 1. The van der Waals surface area contributed by atoms with E-state index in [4.69, 9.17) is 32.7 Å². The summed E-state index contributed by atoms with van der Waals surface area (Å²) in [5.74, 6) is -0.431. The Labute approximate surface area is 300 Å². The summed E-state index contributed by atoms with van der Waals surface area (Å²) in [6.07, 6.45) is 0.744. The first-order chi connectivity index (χ1) is 23.7. The van der Waals surface area contributed by atoms with Crippen LogP contribution in [0.15, 0.2) is 65.5 Å². The van der Waals surface area contributed by atoms with Crippen molar-refractivity contribution in [2.75, 3.05) is 52.5 Å². The molecule has 1 atom stereocenters. The number of nitrogens with one attached hydrogen (secondary N) is 2. The first-order valence-corrected chi connectivity index (χ1v) is 18.1. The van der Waals surface area contributed by atoms with E-state index >= 15 is 0 Å². The number of rotatable bonds is 19. The van der Waals surface area contributed by atoms with Gasteiger partial charge in [0, 0.05) is 32.1 Å². The quantitative estimate of drug-likeness (QED) is 0.0905. The molecule has 2 amide bonds. The summed E-state index contributed by atoms with van der Waals surface area (Å²) in [7, 11) is 0. The number of hydrogen-bond donors (Lipinski definition) is 3. The molecule has 4 aromatic rings. The minimum atomic E-state index is -0.571. The summed E-state index contributed by atoms with van der Waals surface area (Å²) < 4.78 is 12.1. The minimum absolute atomic E-state index is 0.0164. The van der Waals surface area contributed by atoms with Gasteiger partial charge >= 0.3 is 11.0 Å². The van der Waals surface area contributed by atoms with Gasteiger partial charge in [-0.2, -0.15) is 0 Å². The minimum Gasteiger partial charge on any atom is -0.506 e. The van der Waals surface area contributed by atoms with Gasteiger partial charge in [0.25, 0.3) is 0 Å². The summed E-state index contributed by atoms with van der Waals surface area (Å²) in [5.41, 5.74) is 3.04. The molecule has 1 unspecified atom stereocenters. The van der Waals surface area contributed by atoms with Crippen LogP contribution in [0.2, 0.25) is 10.0 Å². The number of carbonyl (C=O) groups excluding carboxylic acids is 2. The predicted octanol–water partition coefficient (Wildman–Crippen LogP) is 6.82. The van der Waals surface area contributed by atoms with Crippen LogP contribution in [0, 0.1) is 0 Å². The third kappa shape index (κ3) is 11.8. The van der Waals surface area contributed by atoms with Gasteiger partial charge in [-0.05, 0) is 60.8 Å².